The molecular weight excluding hydrogens is 264 g/mol. The molecule has 0 spiro atoms. The zero-order valence-electron chi connectivity index (χ0n) is 13.4. The van der Waals surface area contributed by atoms with Crippen LogP contribution < -0.4 is 11.3 Å². The molecule has 116 valence electrons. The second-order valence-electron chi connectivity index (χ2n) is 7.44. The van der Waals surface area contributed by atoms with Crippen molar-refractivity contribution in [3.05, 3.63) is 34.9 Å². The molecule has 4 heteroatoms. The Kier molecular flexibility index (Phi) is 3.61. The van der Waals surface area contributed by atoms with Crippen LogP contribution in [-0.2, 0) is 22.7 Å². The molecule has 1 aromatic rings. The lowest BCUT2D eigenvalue weighted by molar-refractivity contribution is -0.0779. The van der Waals surface area contributed by atoms with E-state index in [-0.39, 0.29) is 17.2 Å². The maximum atomic E-state index is 6.23. The molecule has 2 unspecified atom stereocenters. The van der Waals surface area contributed by atoms with Crippen molar-refractivity contribution in [1.82, 2.24) is 5.43 Å². The third-order valence-corrected chi connectivity index (χ3v) is 4.83. The van der Waals surface area contributed by atoms with Gasteiger partial charge in [-0.1, -0.05) is 18.2 Å². The average molecular weight is 290 g/mol. The van der Waals surface area contributed by atoms with Gasteiger partial charge in [-0.25, -0.2) is 0 Å². The Balaban J connectivity index is 1.92. The van der Waals surface area contributed by atoms with Gasteiger partial charge in [0, 0.05) is 5.92 Å². The lowest BCUT2D eigenvalue weighted by Gasteiger charge is -2.33. The number of fused-ring (bicyclic) bond motifs is 1. The number of ether oxygens (including phenoxy) is 2. The Morgan fingerprint density at radius 2 is 1.90 bits per heavy atom. The number of hydrogen-bond acceptors (Lipinski definition) is 4. The SMILES string of the molecule is CC1(C)CC(C(NN)c2ccc3c(c2)COC3)C(C)(C)O1. The molecule has 0 aromatic heterocycles. The zero-order valence-corrected chi connectivity index (χ0v) is 13.4. The molecule has 0 saturated carbocycles. The normalized spacial score (nSPS) is 27.6. The van der Waals surface area contributed by atoms with Crippen molar-refractivity contribution in [1.29, 1.82) is 0 Å². The molecule has 0 bridgehead atoms. The van der Waals surface area contributed by atoms with Crippen molar-refractivity contribution in [2.75, 3.05) is 0 Å². The molecule has 2 atom stereocenters. The first-order valence-electron chi connectivity index (χ1n) is 7.68. The Morgan fingerprint density at radius 3 is 2.52 bits per heavy atom. The highest BCUT2D eigenvalue weighted by Gasteiger charge is 2.49. The quantitative estimate of drug-likeness (QED) is 0.664. The van der Waals surface area contributed by atoms with E-state index in [9.17, 15) is 0 Å². The first-order valence-corrected chi connectivity index (χ1v) is 7.68. The van der Waals surface area contributed by atoms with Crippen molar-refractivity contribution >= 4 is 0 Å². The Morgan fingerprint density at radius 1 is 1.19 bits per heavy atom. The standard InChI is InChI=1S/C17H26N2O2/c1-16(2)8-14(17(3,4)21-16)15(19-18)11-5-6-12-9-20-10-13(12)7-11/h5-7,14-15,19H,8-10,18H2,1-4H3. The lowest BCUT2D eigenvalue weighted by Crippen LogP contribution is -2.41. The van der Waals surface area contributed by atoms with E-state index in [4.69, 9.17) is 15.3 Å². The van der Waals surface area contributed by atoms with Crippen molar-refractivity contribution in [3.63, 3.8) is 0 Å². The van der Waals surface area contributed by atoms with Gasteiger partial charge in [0.05, 0.1) is 30.5 Å². The first-order chi connectivity index (χ1) is 9.82. The van der Waals surface area contributed by atoms with Gasteiger partial charge in [0.2, 0.25) is 0 Å². The predicted octanol–water partition coefficient (Wildman–Crippen LogP) is 2.81. The fraction of sp³-hybridized carbons (Fsp3) is 0.647. The van der Waals surface area contributed by atoms with Gasteiger partial charge in [-0.3, -0.25) is 11.3 Å². The fourth-order valence-electron chi connectivity index (χ4n) is 3.95. The molecule has 1 fully saturated rings. The van der Waals surface area contributed by atoms with E-state index in [2.05, 4.69) is 51.3 Å². The minimum atomic E-state index is -0.198. The van der Waals surface area contributed by atoms with Crippen LogP contribution in [0.25, 0.3) is 0 Å². The molecule has 2 aliphatic rings. The molecule has 21 heavy (non-hydrogen) atoms. The number of nitrogens with two attached hydrogens (primary N) is 1. The Hall–Kier alpha value is -0.940. The summed E-state index contributed by atoms with van der Waals surface area (Å²) in [6, 6.07) is 6.65. The Labute approximate surface area is 127 Å². The van der Waals surface area contributed by atoms with Gasteiger partial charge in [-0.05, 0) is 50.8 Å². The van der Waals surface area contributed by atoms with Crippen LogP contribution in [0.1, 0.15) is 56.8 Å². The fourth-order valence-corrected chi connectivity index (χ4v) is 3.95. The van der Waals surface area contributed by atoms with E-state index >= 15 is 0 Å². The van der Waals surface area contributed by atoms with Crippen molar-refractivity contribution in [2.24, 2.45) is 11.8 Å². The summed E-state index contributed by atoms with van der Waals surface area (Å²) in [5.41, 5.74) is 6.51. The number of hydrazine groups is 1. The van der Waals surface area contributed by atoms with Crippen LogP contribution in [0.5, 0.6) is 0 Å². The molecule has 0 amide bonds. The summed E-state index contributed by atoms with van der Waals surface area (Å²) < 4.78 is 11.7. The maximum absolute atomic E-state index is 6.23. The summed E-state index contributed by atoms with van der Waals surface area (Å²) in [6.07, 6.45) is 0.989. The number of rotatable bonds is 3. The monoisotopic (exact) mass is 290 g/mol. The van der Waals surface area contributed by atoms with Gasteiger partial charge in [-0.15, -0.1) is 0 Å². The first kappa shape index (κ1) is 15.0. The topological polar surface area (TPSA) is 56.5 Å². The van der Waals surface area contributed by atoms with E-state index in [1.807, 2.05) is 0 Å². The van der Waals surface area contributed by atoms with Crippen molar-refractivity contribution < 1.29 is 9.47 Å². The number of benzene rings is 1. The van der Waals surface area contributed by atoms with Gasteiger partial charge in [0.25, 0.3) is 0 Å². The highest BCUT2D eigenvalue weighted by Crippen LogP contribution is 2.47. The average Bonchev–Trinajstić information content (AvgIpc) is 2.92. The summed E-state index contributed by atoms with van der Waals surface area (Å²) in [4.78, 5) is 0. The smallest absolute Gasteiger partial charge is 0.0725 e. The Bertz CT molecular complexity index is 540. The molecule has 1 aromatic carbocycles. The zero-order chi connectivity index (χ0) is 15.3. The van der Waals surface area contributed by atoms with Crippen LogP contribution in [-0.4, -0.2) is 11.2 Å². The van der Waals surface area contributed by atoms with E-state index in [1.165, 1.54) is 16.7 Å². The molecular formula is C17H26N2O2. The van der Waals surface area contributed by atoms with Crippen molar-refractivity contribution in [2.45, 2.75) is 64.6 Å². The van der Waals surface area contributed by atoms with Crippen LogP contribution in [0.3, 0.4) is 0 Å². The third kappa shape index (κ3) is 2.73. The summed E-state index contributed by atoms with van der Waals surface area (Å²) >= 11 is 0. The van der Waals surface area contributed by atoms with Crippen LogP contribution >= 0.6 is 0 Å². The minimum absolute atomic E-state index is 0.0904. The van der Waals surface area contributed by atoms with Crippen molar-refractivity contribution in [3.8, 4) is 0 Å². The van der Waals surface area contributed by atoms with Gasteiger partial charge in [-0.2, -0.15) is 0 Å². The largest absolute Gasteiger partial charge is 0.372 e. The minimum Gasteiger partial charge on any atom is -0.372 e. The molecule has 1 saturated heterocycles. The third-order valence-electron chi connectivity index (χ3n) is 4.83. The molecule has 3 N–H and O–H groups in total. The predicted molar refractivity (Wildman–Crippen MR) is 82.3 cm³/mol. The molecule has 2 heterocycles. The van der Waals surface area contributed by atoms with Crippen LogP contribution in [0.4, 0.5) is 0 Å². The van der Waals surface area contributed by atoms with E-state index in [0.29, 0.717) is 12.5 Å². The summed E-state index contributed by atoms with van der Waals surface area (Å²) in [5.74, 6) is 6.23. The highest BCUT2D eigenvalue weighted by atomic mass is 16.5. The number of nitrogens with one attached hydrogen (secondary N) is 1. The highest BCUT2D eigenvalue weighted by molar-refractivity contribution is 5.35. The summed E-state index contributed by atoms with van der Waals surface area (Å²) in [6.45, 7) is 10.1. The van der Waals surface area contributed by atoms with Gasteiger partial charge < -0.3 is 9.47 Å². The lowest BCUT2D eigenvalue weighted by atomic mass is 9.79. The molecule has 0 radical (unpaired) electrons. The van der Waals surface area contributed by atoms with E-state index < -0.39 is 0 Å². The van der Waals surface area contributed by atoms with E-state index in [0.717, 1.165) is 13.0 Å². The second-order valence-corrected chi connectivity index (χ2v) is 7.44. The molecule has 2 aliphatic heterocycles. The number of hydrogen-bond donors (Lipinski definition) is 2. The van der Waals surface area contributed by atoms with Gasteiger partial charge >= 0.3 is 0 Å². The van der Waals surface area contributed by atoms with Crippen LogP contribution in [0.15, 0.2) is 18.2 Å². The molecule has 4 nitrogen and oxygen atoms in total. The molecule has 3 rings (SSSR count). The van der Waals surface area contributed by atoms with Crippen LogP contribution in [0.2, 0.25) is 0 Å². The van der Waals surface area contributed by atoms with Gasteiger partial charge in [0.15, 0.2) is 0 Å². The second kappa shape index (κ2) is 5.06. The molecule has 0 aliphatic carbocycles. The summed E-state index contributed by atoms with van der Waals surface area (Å²) in [7, 11) is 0. The van der Waals surface area contributed by atoms with Crippen LogP contribution in [0, 0.1) is 5.92 Å². The van der Waals surface area contributed by atoms with Gasteiger partial charge in [0.1, 0.15) is 0 Å². The summed E-state index contributed by atoms with van der Waals surface area (Å²) in [5, 5.41) is 0. The van der Waals surface area contributed by atoms with E-state index in [1.54, 1.807) is 0 Å². The maximum Gasteiger partial charge on any atom is 0.0725 e.